The van der Waals surface area contributed by atoms with Crippen molar-refractivity contribution in [3.63, 3.8) is 0 Å². The van der Waals surface area contributed by atoms with Crippen LogP contribution in [0.15, 0.2) is 36.7 Å². The van der Waals surface area contributed by atoms with Gasteiger partial charge in [0.05, 0.1) is 25.5 Å². The third-order valence-corrected chi connectivity index (χ3v) is 6.87. The van der Waals surface area contributed by atoms with E-state index in [9.17, 15) is 19.2 Å². The fourth-order valence-corrected chi connectivity index (χ4v) is 4.71. The summed E-state index contributed by atoms with van der Waals surface area (Å²) < 4.78 is 10.8. The minimum absolute atomic E-state index is 0.0955. The number of methoxy groups -OCH3 is 2. The molecule has 0 aliphatic carbocycles. The third-order valence-electron chi connectivity index (χ3n) is 6.87. The lowest BCUT2D eigenvalue weighted by atomic mass is 9.87. The van der Waals surface area contributed by atoms with Crippen LogP contribution < -0.4 is 25.4 Å². The summed E-state index contributed by atoms with van der Waals surface area (Å²) in [6.45, 7) is 2.20. The second-order valence-electron chi connectivity index (χ2n) is 9.16. The van der Waals surface area contributed by atoms with E-state index in [0.29, 0.717) is 67.1 Å². The second kappa shape index (κ2) is 11.4. The summed E-state index contributed by atoms with van der Waals surface area (Å²) in [6.07, 6.45) is 5.99. The van der Waals surface area contributed by atoms with Gasteiger partial charge in [0.25, 0.3) is 11.8 Å². The van der Waals surface area contributed by atoms with E-state index >= 15 is 0 Å². The van der Waals surface area contributed by atoms with E-state index in [1.54, 1.807) is 24.3 Å². The molecule has 1 spiro atoms. The summed E-state index contributed by atoms with van der Waals surface area (Å²) in [5.74, 6) is 0.0735. The molecular weight excluding hydrogens is 478 g/mol. The van der Waals surface area contributed by atoms with Crippen molar-refractivity contribution in [1.29, 1.82) is 0 Å². The van der Waals surface area contributed by atoms with Crippen LogP contribution >= 0.6 is 0 Å². The number of aromatic nitrogens is 1. The molecule has 2 aliphatic heterocycles. The monoisotopic (exact) mass is 509 g/mol. The number of urea groups is 1. The van der Waals surface area contributed by atoms with Crippen LogP contribution in [-0.4, -0.2) is 72.9 Å². The van der Waals surface area contributed by atoms with Gasteiger partial charge in [-0.2, -0.15) is 0 Å². The SMILES string of the molecule is COc1cc(OC)c(C(=O)CCCCN2CCC3(CC2)NC(=O)NC3=O)cc1NC(=O)c1ccncc1. The number of carbonyl (C=O) groups is 4. The van der Waals surface area contributed by atoms with E-state index in [4.69, 9.17) is 9.47 Å². The Balaban J connectivity index is 1.32. The first-order valence-electron chi connectivity index (χ1n) is 12.2. The van der Waals surface area contributed by atoms with Gasteiger partial charge in [0.15, 0.2) is 5.78 Å². The minimum atomic E-state index is -0.779. The molecule has 2 aliphatic rings. The predicted octanol–water partition coefficient (Wildman–Crippen LogP) is 2.38. The smallest absolute Gasteiger partial charge is 0.322 e. The molecule has 3 heterocycles. The molecule has 1 aromatic heterocycles. The molecule has 2 aromatic rings. The molecule has 0 saturated carbocycles. The molecular formula is C26H31N5O6. The highest BCUT2D eigenvalue weighted by molar-refractivity contribution is 6.07. The number of nitrogens with one attached hydrogen (secondary N) is 3. The number of imide groups is 1. The Labute approximate surface area is 214 Å². The molecule has 11 heteroatoms. The van der Waals surface area contributed by atoms with Crippen LogP contribution in [0.3, 0.4) is 0 Å². The van der Waals surface area contributed by atoms with Gasteiger partial charge in [-0.15, -0.1) is 0 Å². The quantitative estimate of drug-likeness (QED) is 0.252. The van der Waals surface area contributed by atoms with E-state index in [0.717, 1.165) is 13.0 Å². The first-order valence-corrected chi connectivity index (χ1v) is 12.2. The van der Waals surface area contributed by atoms with Crippen molar-refractivity contribution in [2.24, 2.45) is 0 Å². The Bertz CT molecular complexity index is 1180. The number of hydrogen-bond donors (Lipinski definition) is 3. The van der Waals surface area contributed by atoms with E-state index in [1.807, 2.05) is 0 Å². The lowest BCUT2D eigenvalue weighted by Gasteiger charge is -2.36. The number of amides is 4. The van der Waals surface area contributed by atoms with E-state index in [2.05, 4.69) is 25.8 Å². The summed E-state index contributed by atoms with van der Waals surface area (Å²) in [4.78, 5) is 55.5. The number of anilines is 1. The predicted molar refractivity (Wildman–Crippen MR) is 135 cm³/mol. The van der Waals surface area contributed by atoms with Crippen molar-refractivity contribution < 1.29 is 28.7 Å². The first-order chi connectivity index (χ1) is 17.8. The van der Waals surface area contributed by atoms with Gasteiger partial charge in [-0.1, -0.05) is 0 Å². The normalized spacial score (nSPS) is 16.7. The van der Waals surface area contributed by atoms with E-state index < -0.39 is 11.6 Å². The molecule has 196 valence electrons. The second-order valence-corrected chi connectivity index (χ2v) is 9.16. The van der Waals surface area contributed by atoms with Crippen LogP contribution in [0.1, 0.15) is 52.8 Å². The number of carbonyl (C=O) groups excluding carboxylic acids is 4. The van der Waals surface area contributed by atoms with Crippen molar-refractivity contribution in [2.75, 3.05) is 39.2 Å². The number of pyridine rings is 1. The molecule has 0 atom stereocenters. The highest BCUT2D eigenvalue weighted by atomic mass is 16.5. The van der Waals surface area contributed by atoms with Crippen LogP contribution in [-0.2, 0) is 4.79 Å². The van der Waals surface area contributed by atoms with E-state index in [1.165, 1.54) is 26.6 Å². The van der Waals surface area contributed by atoms with Crippen LogP contribution in [0.25, 0.3) is 0 Å². The summed E-state index contributed by atoms with van der Waals surface area (Å²) in [5, 5.41) is 7.89. The lowest BCUT2D eigenvalue weighted by molar-refractivity contribution is -0.125. The van der Waals surface area contributed by atoms with Gasteiger partial charge in [0.2, 0.25) is 0 Å². The molecule has 4 rings (SSSR count). The molecule has 1 aromatic carbocycles. The van der Waals surface area contributed by atoms with Crippen molar-refractivity contribution in [3.8, 4) is 11.5 Å². The summed E-state index contributed by atoms with van der Waals surface area (Å²) >= 11 is 0. The Hall–Kier alpha value is -3.99. The van der Waals surface area contributed by atoms with Crippen LogP contribution in [0, 0.1) is 0 Å². The average Bonchev–Trinajstić information content (AvgIpc) is 3.19. The molecule has 3 N–H and O–H groups in total. The summed E-state index contributed by atoms with van der Waals surface area (Å²) in [5.41, 5.74) is 0.397. The Kier molecular flexibility index (Phi) is 8.02. The van der Waals surface area contributed by atoms with Crippen LogP contribution in [0.2, 0.25) is 0 Å². The third kappa shape index (κ3) is 5.88. The molecule has 0 bridgehead atoms. The zero-order chi connectivity index (χ0) is 26.4. The molecule has 2 saturated heterocycles. The molecule has 4 amide bonds. The van der Waals surface area contributed by atoms with Gasteiger partial charge in [-0.25, -0.2) is 4.79 Å². The highest BCUT2D eigenvalue weighted by Gasteiger charge is 2.47. The maximum atomic E-state index is 13.1. The standard InChI is InChI=1S/C26H31N5O6/c1-36-21-16-22(37-2)19(28-23(33)17-6-10-27-11-7-17)15-18(21)20(32)5-3-4-12-31-13-8-26(9-14-31)24(34)29-25(35)30-26/h6-7,10-11,15-16H,3-5,8-9,12-14H2,1-2H3,(H,28,33)(H2,29,30,34,35). The number of Topliss-reactive ketones (excluding diaryl/α,β-unsaturated/α-hetero) is 1. The van der Waals surface area contributed by atoms with Crippen molar-refractivity contribution >= 4 is 29.3 Å². The number of unbranched alkanes of at least 4 members (excludes halogenated alkanes) is 1. The molecule has 2 fully saturated rings. The fraction of sp³-hybridized carbons (Fsp3) is 0.423. The van der Waals surface area contributed by atoms with Crippen LogP contribution in [0.4, 0.5) is 10.5 Å². The van der Waals surface area contributed by atoms with Crippen molar-refractivity contribution in [1.82, 2.24) is 20.5 Å². The number of ether oxygens (including phenoxy) is 2. The largest absolute Gasteiger partial charge is 0.496 e. The van der Waals surface area contributed by atoms with Gasteiger partial charge in [-0.3, -0.25) is 24.7 Å². The molecule has 0 unspecified atom stereocenters. The van der Waals surface area contributed by atoms with Gasteiger partial charge in [-0.05, 0) is 50.4 Å². The number of piperidine rings is 1. The van der Waals surface area contributed by atoms with Gasteiger partial charge < -0.3 is 25.0 Å². The minimum Gasteiger partial charge on any atom is -0.496 e. The number of ketones is 1. The van der Waals surface area contributed by atoms with Gasteiger partial charge in [0.1, 0.15) is 17.0 Å². The Morgan fingerprint density at radius 1 is 1.05 bits per heavy atom. The van der Waals surface area contributed by atoms with Gasteiger partial charge >= 0.3 is 6.03 Å². The Morgan fingerprint density at radius 3 is 2.38 bits per heavy atom. The number of likely N-dealkylation sites (tertiary alicyclic amines) is 1. The highest BCUT2D eigenvalue weighted by Crippen LogP contribution is 2.34. The molecule has 11 nitrogen and oxygen atoms in total. The number of rotatable bonds is 10. The number of hydrogen-bond acceptors (Lipinski definition) is 8. The zero-order valence-corrected chi connectivity index (χ0v) is 21.0. The topological polar surface area (TPSA) is 139 Å². The maximum absolute atomic E-state index is 13.1. The van der Waals surface area contributed by atoms with Crippen LogP contribution in [0.5, 0.6) is 11.5 Å². The van der Waals surface area contributed by atoms with Crippen molar-refractivity contribution in [3.05, 3.63) is 47.8 Å². The summed E-state index contributed by atoms with van der Waals surface area (Å²) in [6, 6.07) is 5.95. The average molecular weight is 510 g/mol. The van der Waals surface area contributed by atoms with Crippen molar-refractivity contribution in [2.45, 2.75) is 37.6 Å². The molecule has 0 radical (unpaired) electrons. The Morgan fingerprint density at radius 2 is 1.76 bits per heavy atom. The maximum Gasteiger partial charge on any atom is 0.322 e. The zero-order valence-electron chi connectivity index (χ0n) is 21.0. The number of nitrogens with zero attached hydrogens (tertiary/aromatic N) is 2. The summed E-state index contributed by atoms with van der Waals surface area (Å²) in [7, 11) is 2.96. The number of benzene rings is 1. The molecule has 37 heavy (non-hydrogen) atoms. The first kappa shape index (κ1) is 26.1. The van der Waals surface area contributed by atoms with E-state index in [-0.39, 0.29) is 17.6 Å². The fourth-order valence-electron chi connectivity index (χ4n) is 4.71. The van der Waals surface area contributed by atoms with Gasteiger partial charge in [0, 0.05) is 43.5 Å². The lowest BCUT2D eigenvalue weighted by Crippen LogP contribution is -2.54.